The Bertz CT molecular complexity index is 649. The molecule has 7 heteroatoms. The molecule has 3 aliphatic carbocycles. The maximum atomic E-state index is 13.4. The molecule has 4 atom stereocenters. The summed E-state index contributed by atoms with van der Waals surface area (Å²) in [5.41, 5.74) is 0. The second kappa shape index (κ2) is 12.7. The molecule has 0 aromatic rings. The van der Waals surface area contributed by atoms with Crippen molar-refractivity contribution in [2.45, 2.75) is 115 Å². The summed E-state index contributed by atoms with van der Waals surface area (Å²) in [5.74, 6) is 0.342. The van der Waals surface area contributed by atoms with E-state index in [0.717, 1.165) is 19.3 Å². The lowest BCUT2D eigenvalue weighted by Crippen LogP contribution is -2.54. The van der Waals surface area contributed by atoms with E-state index < -0.39 is 18.1 Å². The fraction of sp³-hybridized carbons (Fsp3) is 0.885. The number of ether oxygens (including phenoxy) is 1. The first-order valence-corrected chi connectivity index (χ1v) is 13.3. The summed E-state index contributed by atoms with van der Waals surface area (Å²) in [6, 6.07) is -1.19. The molecule has 0 aliphatic heterocycles. The van der Waals surface area contributed by atoms with E-state index in [4.69, 9.17) is 4.74 Å². The van der Waals surface area contributed by atoms with Crippen LogP contribution in [0.15, 0.2) is 0 Å². The molecule has 3 rings (SSSR count). The number of carboxylic acids is 1. The number of hydrogen-bond acceptors (Lipinski definition) is 5. The number of nitrogens with one attached hydrogen (secondary N) is 1. The topological polar surface area (TPSA) is 95.9 Å². The average Bonchev–Trinajstić information content (AvgIpc) is 3.24. The molecule has 0 radical (unpaired) electrons. The van der Waals surface area contributed by atoms with E-state index in [1.807, 2.05) is 0 Å². The number of esters is 1. The number of aliphatic carboxylic acids is 1. The van der Waals surface area contributed by atoms with Gasteiger partial charge in [0.05, 0.1) is 12.6 Å². The Morgan fingerprint density at radius 2 is 1.61 bits per heavy atom. The van der Waals surface area contributed by atoms with E-state index in [0.29, 0.717) is 30.8 Å². The zero-order chi connectivity index (χ0) is 23.8. The van der Waals surface area contributed by atoms with Gasteiger partial charge in [0.1, 0.15) is 12.6 Å². The number of carbonyl (C=O) groups is 3. The zero-order valence-corrected chi connectivity index (χ0v) is 20.6. The maximum absolute atomic E-state index is 13.4. The van der Waals surface area contributed by atoms with Gasteiger partial charge in [0.15, 0.2) is 0 Å². The number of amides is 1. The number of carbonyl (C=O) groups excluding carboxylic acids is 2. The van der Waals surface area contributed by atoms with Crippen LogP contribution in [0.4, 0.5) is 0 Å². The van der Waals surface area contributed by atoms with Gasteiger partial charge in [-0.25, -0.2) is 0 Å². The van der Waals surface area contributed by atoms with Crippen LogP contribution in [0.3, 0.4) is 0 Å². The number of carboxylic acid groups (broad SMARTS) is 1. The quantitative estimate of drug-likeness (QED) is 0.446. The molecular weight excluding hydrogens is 420 g/mol. The third-order valence-electron chi connectivity index (χ3n) is 8.23. The van der Waals surface area contributed by atoms with Crippen molar-refractivity contribution in [1.29, 1.82) is 0 Å². The highest BCUT2D eigenvalue weighted by Crippen LogP contribution is 2.44. The monoisotopic (exact) mass is 464 g/mol. The highest BCUT2D eigenvalue weighted by atomic mass is 16.5. The normalized spacial score (nSPS) is 27.4. The third kappa shape index (κ3) is 7.43. The minimum absolute atomic E-state index is 0.0192. The van der Waals surface area contributed by atoms with Crippen LogP contribution in [0.5, 0.6) is 0 Å². The molecule has 0 bridgehead atoms. The van der Waals surface area contributed by atoms with E-state index in [-0.39, 0.29) is 24.5 Å². The van der Waals surface area contributed by atoms with E-state index in [1.54, 1.807) is 18.7 Å². The molecule has 0 heterocycles. The van der Waals surface area contributed by atoms with Gasteiger partial charge >= 0.3 is 11.9 Å². The first-order valence-electron chi connectivity index (χ1n) is 13.3. The summed E-state index contributed by atoms with van der Waals surface area (Å²) in [6.07, 6.45) is 14.5. The second-order valence-corrected chi connectivity index (χ2v) is 10.6. The Kier molecular flexibility index (Phi) is 10.0. The SMILES string of the molecule is CCOC(=O)C(CCC1CCCCC1)NC(C)C(=O)N(CC(=O)O)C1CC2CCCCC2C1. The average molecular weight is 465 g/mol. The van der Waals surface area contributed by atoms with Crippen molar-refractivity contribution in [2.75, 3.05) is 13.2 Å². The lowest BCUT2D eigenvalue weighted by molar-refractivity contribution is -0.149. The highest BCUT2D eigenvalue weighted by molar-refractivity contribution is 5.86. The van der Waals surface area contributed by atoms with Crippen LogP contribution in [0.2, 0.25) is 0 Å². The summed E-state index contributed by atoms with van der Waals surface area (Å²) >= 11 is 0. The van der Waals surface area contributed by atoms with Crippen molar-refractivity contribution in [3.05, 3.63) is 0 Å². The smallest absolute Gasteiger partial charge is 0.323 e. The van der Waals surface area contributed by atoms with Gasteiger partial charge in [0.2, 0.25) is 5.91 Å². The van der Waals surface area contributed by atoms with Crippen molar-refractivity contribution in [3.8, 4) is 0 Å². The second-order valence-electron chi connectivity index (χ2n) is 10.6. The van der Waals surface area contributed by atoms with E-state index >= 15 is 0 Å². The van der Waals surface area contributed by atoms with Crippen molar-refractivity contribution >= 4 is 17.8 Å². The minimum atomic E-state index is -0.982. The van der Waals surface area contributed by atoms with Crippen molar-refractivity contribution in [2.24, 2.45) is 17.8 Å². The molecule has 3 fully saturated rings. The number of fused-ring (bicyclic) bond motifs is 1. The Morgan fingerprint density at radius 3 is 2.18 bits per heavy atom. The molecule has 0 aromatic carbocycles. The lowest BCUT2D eigenvalue weighted by Gasteiger charge is -2.32. The number of rotatable bonds is 11. The van der Waals surface area contributed by atoms with E-state index in [2.05, 4.69) is 5.32 Å². The predicted molar refractivity (Wildman–Crippen MR) is 127 cm³/mol. The number of nitrogens with zero attached hydrogens (tertiary/aromatic N) is 1. The summed E-state index contributed by atoms with van der Waals surface area (Å²) < 4.78 is 5.29. The van der Waals surface area contributed by atoms with Gasteiger partial charge < -0.3 is 14.7 Å². The standard InChI is InChI=1S/C26H44N2O5/c1-3-33-26(32)23(14-13-19-9-5-4-6-10-19)27-18(2)25(31)28(17-24(29)30)22-15-20-11-7-8-12-21(20)16-22/h18-23,27H,3-17H2,1-2H3,(H,29,30). The molecule has 188 valence electrons. The van der Waals surface area contributed by atoms with Gasteiger partial charge in [-0.1, -0.05) is 57.8 Å². The molecular formula is C26H44N2O5. The molecule has 0 spiro atoms. The Morgan fingerprint density at radius 1 is 1.00 bits per heavy atom. The first kappa shape index (κ1) is 26.0. The van der Waals surface area contributed by atoms with Gasteiger partial charge in [-0.15, -0.1) is 0 Å². The Balaban J connectivity index is 1.63. The summed E-state index contributed by atoms with van der Waals surface area (Å²) in [7, 11) is 0. The molecule has 0 aromatic heterocycles. The lowest BCUT2D eigenvalue weighted by atomic mass is 9.82. The predicted octanol–water partition coefficient (Wildman–Crippen LogP) is 4.14. The fourth-order valence-electron chi connectivity index (χ4n) is 6.50. The van der Waals surface area contributed by atoms with Crippen LogP contribution in [-0.4, -0.2) is 59.1 Å². The Hall–Kier alpha value is -1.63. The van der Waals surface area contributed by atoms with Crippen LogP contribution in [0.1, 0.15) is 97.3 Å². The van der Waals surface area contributed by atoms with Crippen LogP contribution >= 0.6 is 0 Å². The van der Waals surface area contributed by atoms with Gasteiger partial charge in [0.25, 0.3) is 0 Å². The van der Waals surface area contributed by atoms with Gasteiger partial charge in [-0.2, -0.15) is 0 Å². The Labute approximate surface area is 199 Å². The zero-order valence-electron chi connectivity index (χ0n) is 20.6. The molecule has 33 heavy (non-hydrogen) atoms. The van der Waals surface area contributed by atoms with Crippen LogP contribution < -0.4 is 5.32 Å². The minimum Gasteiger partial charge on any atom is -0.480 e. The summed E-state index contributed by atoms with van der Waals surface area (Å²) in [6.45, 7) is 3.57. The summed E-state index contributed by atoms with van der Waals surface area (Å²) in [4.78, 5) is 39.3. The largest absolute Gasteiger partial charge is 0.480 e. The van der Waals surface area contributed by atoms with Gasteiger partial charge in [0, 0.05) is 6.04 Å². The highest BCUT2D eigenvalue weighted by Gasteiger charge is 2.41. The molecule has 4 unspecified atom stereocenters. The van der Waals surface area contributed by atoms with Crippen LogP contribution in [0.25, 0.3) is 0 Å². The molecule has 3 aliphatic rings. The molecule has 2 N–H and O–H groups in total. The van der Waals surface area contributed by atoms with Gasteiger partial charge in [-0.05, 0) is 57.3 Å². The fourth-order valence-corrected chi connectivity index (χ4v) is 6.50. The van der Waals surface area contributed by atoms with E-state index in [1.165, 1.54) is 57.8 Å². The van der Waals surface area contributed by atoms with Crippen LogP contribution in [0, 0.1) is 17.8 Å². The van der Waals surface area contributed by atoms with Crippen molar-refractivity contribution < 1.29 is 24.2 Å². The molecule has 3 saturated carbocycles. The maximum Gasteiger partial charge on any atom is 0.323 e. The van der Waals surface area contributed by atoms with E-state index in [9.17, 15) is 19.5 Å². The number of hydrogen-bond donors (Lipinski definition) is 2. The van der Waals surface area contributed by atoms with Crippen molar-refractivity contribution in [3.63, 3.8) is 0 Å². The van der Waals surface area contributed by atoms with Crippen molar-refractivity contribution in [1.82, 2.24) is 10.2 Å². The summed E-state index contributed by atoms with van der Waals surface area (Å²) in [5, 5.41) is 12.7. The van der Waals surface area contributed by atoms with Gasteiger partial charge in [-0.3, -0.25) is 19.7 Å². The molecule has 0 saturated heterocycles. The molecule has 1 amide bonds. The first-order chi connectivity index (χ1) is 15.9. The molecule has 7 nitrogen and oxygen atoms in total. The third-order valence-corrected chi connectivity index (χ3v) is 8.23. The van der Waals surface area contributed by atoms with Crippen LogP contribution in [-0.2, 0) is 19.1 Å².